The van der Waals surface area contributed by atoms with Crippen LogP contribution in [-0.2, 0) is 19.2 Å². The van der Waals surface area contributed by atoms with Gasteiger partial charge in [-0.05, 0) is 44.1 Å². The Morgan fingerprint density at radius 1 is 0.833 bits per heavy atom. The number of aliphatic carboxylic acids is 1. The molecular formula is C20H39N5O5. The summed E-state index contributed by atoms with van der Waals surface area (Å²) in [5.74, 6) is -2.48. The van der Waals surface area contributed by atoms with E-state index in [9.17, 15) is 19.2 Å². The van der Waals surface area contributed by atoms with Crippen LogP contribution in [0.4, 0.5) is 0 Å². The minimum Gasteiger partial charge on any atom is -0.480 e. The number of carboxylic acids is 1. The van der Waals surface area contributed by atoms with Gasteiger partial charge in [0.15, 0.2) is 0 Å². The summed E-state index contributed by atoms with van der Waals surface area (Å²) in [7, 11) is 0. The Morgan fingerprint density at radius 3 is 1.80 bits per heavy atom. The number of amides is 3. The van der Waals surface area contributed by atoms with Crippen LogP contribution in [0.1, 0.15) is 59.8 Å². The Balaban J connectivity index is 5.15. The van der Waals surface area contributed by atoms with Crippen LogP contribution < -0.4 is 27.4 Å². The highest BCUT2D eigenvalue weighted by atomic mass is 16.4. The Morgan fingerprint density at radius 2 is 1.33 bits per heavy atom. The first kappa shape index (κ1) is 27.8. The molecule has 0 unspecified atom stereocenters. The van der Waals surface area contributed by atoms with Gasteiger partial charge in [0.2, 0.25) is 17.7 Å². The maximum Gasteiger partial charge on any atom is 0.322 e. The highest BCUT2D eigenvalue weighted by Gasteiger charge is 2.29. The SMILES string of the molecule is CC(C)C[C@H](NC(=O)[C@H](CC(C)C)NC(=O)[C@@H](N)CCCCN)C(=O)NCC(=O)O. The van der Waals surface area contributed by atoms with Crippen molar-refractivity contribution in [2.24, 2.45) is 23.3 Å². The number of unbranched alkanes of at least 4 members (excludes halogenated alkanes) is 1. The second-order valence-corrected chi connectivity index (χ2v) is 8.38. The molecule has 0 heterocycles. The van der Waals surface area contributed by atoms with Crippen molar-refractivity contribution in [3.8, 4) is 0 Å². The molecule has 30 heavy (non-hydrogen) atoms. The third-order valence-electron chi connectivity index (χ3n) is 4.40. The first-order chi connectivity index (χ1) is 14.0. The highest BCUT2D eigenvalue weighted by molar-refractivity contribution is 5.93. The number of carbonyl (C=O) groups excluding carboxylic acids is 3. The fourth-order valence-corrected chi connectivity index (χ4v) is 2.88. The van der Waals surface area contributed by atoms with Gasteiger partial charge < -0.3 is 32.5 Å². The van der Waals surface area contributed by atoms with Gasteiger partial charge in [-0.15, -0.1) is 0 Å². The number of nitrogens with two attached hydrogens (primary N) is 2. The predicted octanol–water partition coefficient (Wildman–Crippen LogP) is -0.295. The summed E-state index contributed by atoms with van der Waals surface area (Å²) < 4.78 is 0. The first-order valence-corrected chi connectivity index (χ1v) is 10.5. The number of carboxylic acid groups (broad SMARTS) is 1. The van der Waals surface area contributed by atoms with E-state index in [2.05, 4.69) is 16.0 Å². The Kier molecular flexibility index (Phi) is 13.7. The molecule has 0 aliphatic heterocycles. The van der Waals surface area contributed by atoms with Gasteiger partial charge in [0, 0.05) is 0 Å². The summed E-state index contributed by atoms with van der Waals surface area (Å²) in [6.45, 7) is 7.59. The molecule has 3 amide bonds. The smallest absolute Gasteiger partial charge is 0.322 e. The van der Waals surface area contributed by atoms with E-state index in [-0.39, 0.29) is 11.8 Å². The molecular weight excluding hydrogens is 390 g/mol. The van der Waals surface area contributed by atoms with E-state index in [1.54, 1.807) is 0 Å². The summed E-state index contributed by atoms with van der Waals surface area (Å²) in [4.78, 5) is 48.3. The van der Waals surface area contributed by atoms with Crippen LogP contribution in [0.2, 0.25) is 0 Å². The summed E-state index contributed by atoms with van der Waals surface area (Å²) in [5.41, 5.74) is 11.4. The molecule has 0 aliphatic rings. The van der Waals surface area contributed by atoms with Crippen molar-refractivity contribution >= 4 is 23.7 Å². The number of hydrogen-bond acceptors (Lipinski definition) is 6. The van der Waals surface area contributed by atoms with Crippen LogP contribution in [0.3, 0.4) is 0 Å². The Bertz CT molecular complexity index is 568. The first-order valence-electron chi connectivity index (χ1n) is 10.5. The Labute approximate surface area is 178 Å². The van der Waals surface area contributed by atoms with Crippen molar-refractivity contribution < 1.29 is 24.3 Å². The molecule has 10 nitrogen and oxygen atoms in total. The quantitative estimate of drug-likeness (QED) is 0.194. The molecule has 174 valence electrons. The summed E-state index contributed by atoms with van der Waals surface area (Å²) >= 11 is 0. The predicted molar refractivity (Wildman–Crippen MR) is 114 cm³/mol. The zero-order valence-electron chi connectivity index (χ0n) is 18.6. The second-order valence-electron chi connectivity index (χ2n) is 8.38. The molecule has 0 rings (SSSR count). The molecule has 10 heteroatoms. The maximum absolute atomic E-state index is 12.9. The van der Waals surface area contributed by atoms with Crippen molar-refractivity contribution in [3.05, 3.63) is 0 Å². The molecule has 0 spiro atoms. The molecule has 3 atom stereocenters. The van der Waals surface area contributed by atoms with Crippen LogP contribution in [0, 0.1) is 11.8 Å². The second kappa shape index (κ2) is 14.7. The number of carbonyl (C=O) groups is 4. The topological polar surface area (TPSA) is 177 Å². The Hall–Kier alpha value is -2.20. The van der Waals surface area contributed by atoms with Crippen LogP contribution in [-0.4, -0.2) is 60.0 Å². The molecule has 0 aromatic carbocycles. The van der Waals surface area contributed by atoms with Crippen LogP contribution in [0.5, 0.6) is 0 Å². The standard InChI is InChI=1S/C20H39N5O5/c1-12(2)9-15(19(29)23-11-17(26)27)25-20(30)16(10-13(3)4)24-18(28)14(22)7-5-6-8-21/h12-16H,5-11,21-22H2,1-4H3,(H,23,29)(H,24,28)(H,25,30)(H,26,27)/t14-,15-,16-/m0/s1. The van der Waals surface area contributed by atoms with Crippen molar-refractivity contribution in [2.75, 3.05) is 13.1 Å². The lowest BCUT2D eigenvalue weighted by atomic mass is 9.99. The van der Waals surface area contributed by atoms with E-state index in [4.69, 9.17) is 16.6 Å². The van der Waals surface area contributed by atoms with Gasteiger partial charge in [-0.1, -0.05) is 34.1 Å². The molecule has 0 aliphatic carbocycles. The normalized spacial score (nSPS) is 14.1. The molecule has 0 saturated carbocycles. The van der Waals surface area contributed by atoms with Crippen molar-refractivity contribution in [1.82, 2.24) is 16.0 Å². The number of hydrogen-bond donors (Lipinski definition) is 6. The van der Waals surface area contributed by atoms with Crippen LogP contribution in [0.25, 0.3) is 0 Å². The largest absolute Gasteiger partial charge is 0.480 e. The van der Waals surface area contributed by atoms with Gasteiger partial charge in [0.1, 0.15) is 18.6 Å². The van der Waals surface area contributed by atoms with Crippen molar-refractivity contribution in [3.63, 3.8) is 0 Å². The van der Waals surface area contributed by atoms with Gasteiger partial charge >= 0.3 is 5.97 Å². The van der Waals surface area contributed by atoms with E-state index >= 15 is 0 Å². The number of nitrogens with one attached hydrogen (secondary N) is 3. The minimum absolute atomic E-state index is 0.0833. The maximum atomic E-state index is 12.9. The average Bonchev–Trinajstić information content (AvgIpc) is 2.64. The molecule has 0 saturated heterocycles. The van der Waals surface area contributed by atoms with Crippen LogP contribution in [0.15, 0.2) is 0 Å². The average molecular weight is 430 g/mol. The number of rotatable bonds is 15. The van der Waals surface area contributed by atoms with Crippen molar-refractivity contribution in [1.29, 1.82) is 0 Å². The lowest BCUT2D eigenvalue weighted by Gasteiger charge is -2.26. The fourth-order valence-electron chi connectivity index (χ4n) is 2.88. The zero-order chi connectivity index (χ0) is 23.3. The van der Waals surface area contributed by atoms with Crippen LogP contribution >= 0.6 is 0 Å². The summed E-state index contributed by atoms with van der Waals surface area (Å²) in [6.07, 6.45) is 2.65. The van der Waals surface area contributed by atoms with Gasteiger partial charge in [0.25, 0.3) is 0 Å². The molecule has 0 radical (unpaired) electrons. The van der Waals surface area contributed by atoms with Gasteiger partial charge in [-0.3, -0.25) is 19.2 Å². The van der Waals surface area contributed by atoms with Gasteiger partial charge in [-0.2, -0.15) is 0 Å². The zero-order valence-corrected chi connectivity index (χ0v) is 18.6. The molecule has 0 aromatic rings. The lowest BCUT2D eigenvalue weighted by molar-refractivity contribution is -0.138. The lowest BCUT2D eigenvalue weighted by Crippen LogP contribution is -2.56. The minimum atomic E-state index is -1.17. The molecule has 0 fully saturated rings. The van der Waals surface area contributed by atoms with E-state index in [0.717, 1.165) is 6.42 Å². The molecule has 8 N–H and O–H groups in total. The van der Waals surface area contributed by atoms with Gasteiger partial charge in [0.05, 0.1) is 6.04 Å². The van der Waals surface area contributed by atoms with Crippen molar-refractivity contribution in [2.45, 2.75) is 77.9 Å². The summed E-state index contributed by atoms with van der Waals surface area (Å²) in [5, 5.41) is 16.4. The third kappa shape index (κ3) is 12.4. The van der Waals surface area contributed by atoms with Gasteiger partial charge in [-0.25, -0.2) is 0 Å². The fraction of sp³-hybridized carbons (Fsp3) is 0.800. The third-order valence-corrected chi connectivity index (χ3v) is 4.40. The highest BCUT2D eigenvalue weighted by Crippen LogP contribution is 2.09. The van der Waals surface area contributed by atoms with E-state index < -0.39 is 48.4 Å². The monoisotopic (exact) mass is 429 g/mol. The van der Waals surface area contributed by atoms with E-state index in [1.807, 2.05) is 27.7 Å². The molecule has 0 bridgehead atoms. The molecule has 0 aromatic heterocycles. The van der Waals surface area contributed by atoms with E-state index in [1.165, 1.54) is 0 Å². The summed E-state index contributed by atoms with van der Waals surface area (Å²) in [6, 6.07) is -2.49. The van der Waals surface area contributed by atoms with E-state index in [0.29, 0.717) is 32.2 Å².